The van der Waals surface area contributed by atoms with E-state index in [1.807, 2.05) is 0 Å². The van der Waals surface area contributed by atoms with Crippen molar-refractivity contribution in [1.29, 1.82) is 0 Å². The lowest BCUT2D eigenvalue weighted by Gasteiger charge is -2.08. The molecule has 0 saturated carbocycles. The fourth-order valence-electron chi connectivity index (χ4n) is 1.51. The summed E-state index contributed by atoms with van der Waals surface area (Å²) in [6.45, 7) is 0.229. The molecular weight excluding hydrogens is 343 g/mol. The van der Waals surface area contributed by atoms with Crippen LogP contribution in [-0.2, 0) is 15.7 Å². The maximum absolute atomic E-state index is 11.1. The maximum Gasteiger partial charge on any atom is 0.261 e. The Balaban J connectivity index is 2.10. The van der Waals surface area contributed by atoms with Gasteiger partial charge in [-0.2, -0.15) is 0 Å². The van der Waals surface area contributed by atoms with E-state index in [9.17, 15) is 8.42 Å². The first-order valence-electron chi connectivity index (χ1n) is 5.48. The minimum Gasteiger partial charge on any atom is -0.489 e. The largest absolute Gasteiger partial charge is 0.489 e. The van der Waals surface area contributed by atoms with Crippen molar-refractivity contribution in [2.45, 2.75) is 11.5 Å². The van der Waals surface area contributed by atoms with Crippen molar-refractivity contribution in [2.75, 3.05) is 0 Å². The van der Waals surface area contributed by atoms with E-state index in [4.69, 9.17) is 38.6 Å². The van der Waals surface area contributed by atoms with E-state index in [0.717, 1.165) is 5.56 Å². The first-order chi connectivity index (χ1) is 9.36. The molecule has 0 atom stereocenters. The molecule has 106 valence electrons. The Hall–Kier alpha value is -0.940. The molecule has 7 heteroatoms. The highest BCUT2D eigenvalue weighted by Gasteiger charge is 2.09. The van der Waals surface area contributed by atoms with Gasteiger partial charge >= 0.3 is 0 Å². The number of hydrogen-bond acceptors (Lipinski definition) is 3. The zero-order valence-electron chi connectivity index (χ0n) is 10.0. The number of hydrogen-bond donors (Lipinski definition) is 0. The van der Waals surface area contributed by atoms with Crippen molar-refractivity contribution in [3.8, 4) is 5.75 Å². The van der Waals surface area contributed by atoms with Gasteiger partial charge in [-0.05, 0) is 42.5 Å². The summed E-state index contributed by atoms with van der Waals surface area (Å²) in [6.07, 6.45) is 0. The molecule has 20 heavy (non-hydrogen) atoms. The molecule has 0 N–H and O–H groups in total. The molecule has 0 aliphatic carbocycles. The van der Waals surface area contributed by atoms with E-state index in [-0.39, 0.29) is 11.5 Å². The van der Waals surface area contributed by atoms with Gasteiger partial charge in [0.05, 0.1) is 4.90 Å². The number of ether oxygens (including phenoxy) is 1. The highest BCUT2D eigenvalue weighted by atomic mass is 35.7. The predicted molar refractivity (Wildman–Crippen MR) is 80.3 cm³/mol. The van der Waals surface area contributed by atoms with Crippen molar-refractivity contribution < 1.29 is 13.2 Å². The molecule has 0 fully saturated rings. The van der Waals surface area contributed by atoms with E-state index in [1.54, 1.807) is 18.2 Å². The van der Waals surface area contributed by atoms with Crippen molar-refractivity contribution in [2.24, 2.45) is 0 Å². The van der Waals surface area contributed by atoms with Crippen LogP contribution in [0.15, 0.2) is 47.4 Å². The first-order valence-corrected chi connectivity index (χ1v) is 8.54. The summed E-state index contributed by atoms with van der Waals surface area (Å²) in [5.74, 6) is 0.505. The normalized spacial score (nSPS) is 11.3. The second-order valence-electron chi connectivity index (χ2n) is 3.93. The summed E-state index contributed by atoms with van der Waals surface area (Å²) in [5.41, 5.74) is 0.744. The smallest absolute Gasteiger partial charge is 0.261 e. The Labute approximate surface area is 131 Å². The lowest BCUT2D eigenvalue weighted by molar-refractivity contribution is 0.306. The van der Waals surface area contributed by atoms with E-state index in [0.29, 0.717) is 15.8 Å². The number of rotatable bonds is 4. The van der Waals surface area contributed by atoms with E-state index >= 15 is 0 Å². The molecule has 0 bridgehead atoms. The predicted octanol–water partition coefficient (Wildman–Crippen LogP) is 4.50. The molecule has 0 aromatic heterocycles. The quantitative estimate of drug-likeness (QED) is 0.762. The van der Waals surface area contributed by atoms with Gasteiger partial charge in [0.15, 0.2) is 0 Å². The molecule has 0 aliphatic heterocycles. The molecule has 3 nitrogen and oxygen atoms in total. The lowest BCUT2D eigenvalue weighted by Crippen LogP contribution is -1.97. The third kappa shape index (κ3) is 4.03. The Bertz CT molecular complexity index is 712. The summed E-state index contributed by atoms with van der Waals surface area (Å²) in [5, 5.41) is 1.12. The van der Waals surface area contributed by atoms with Gasteiger partial charge < -0.3 is 4.74 Å². The van der Waals surface area contributed by atoms with Crippen LogP contribution in [0.1, 0.15) is 5.56 Å². The monoisotopic (exact) mass is 350 g/mol. The molecule has 2 aromatic rings. The van der Waals surface area contributed by atoms with Gasteiger partial charge in [0.1, 0.15) is 12.4 Å². The summed E-state index contributed by atoms with van der Waals surface area (Å²) in [7, 11) is 1.50. The van der Waals surface area contributed by atoms with Crippen LogP contribution < -0.4 is 4.74 Å². The Kier molecular flexibility index (Phi) is 4.81. The molecule has 0 spiro atoms. The topological polar surface area (TPSA) is 43.4 Å². The van der Waals surface area contributed by atoms with Crippen molar-refractivity contribution in [1.82, 2.24) is 0 Å². The van der Waals surface area contributed by atoms with Gasteiger partial charge in [0, 0.05) is 26.3 Å². The second kappa shape index (κ2) is 6.22. The maximum atomic E-state index is 11.1. The van der Waals surface area contributed by atoms with Gasteiger partial charge in [0.2, 0.25) is 0 Å². The number of halogens is 3. The number of benzene rings is 2. The molecule has 0 saturated heterocycles. The Morgan fingerprint density at radius 1 is 1.00 bits per heavy atom. The van der Waals surface area contributed by atoms with E-state index in [2.05, 4.69) is 0 Å². The van der Waals surface area contributed by atoms with E-state index in [1.165, 1.54) is 24.3 Å². The zero-order chi connectivity index (χ0) is 14.8. The van der Waals surface area contributed by atoms with E-state index < -0.39 is 9.05 Å². The fraction of sp³-hybridized carbons (Fsp3) is 0.0769. The van der Waals surface area contributed by atoms with Crippen LogP contribution in [0.3, 0.4) is 0 Å². The van der Waals surface area contributed by atoms with Crippen LogP contribution in [0.4, 0.5) is 0 Å². The summed E-state index contributed by atoms with van der Waals surface area (Å²) >= 11 is 11.9. The van der Waals surface area contributed by atoms with Crippen LogP contribution >= 0.6 is 33.9 Å². The lowest BCUT2D eigenvalue weighted by atomic mass is 10.2. The zero-order valence-corrected chi connectivity index (χ0v) is 13.1. The molecule has 0 aliphatic rings. The van der Waals surface area contributed by atoms with Crippen molar-refractivity contribution in [3.05, 3.63) is 58.1 Å². The average molecular weight is 352 g/mol. The molecule has 0 unspecified atom stereocenters. The Morgan fingerprint density at radius 3 is 2.25 bits per heavy atom. The second-order valence-corrected chi connectivity index (χ2v) is 7.34. The molecule has 0 radical (unpaired) electrons. The van der Waals surface area contributed by atoms with Crippen LogP contribution in [0.2, 0.25) is 10.0 Å². The van der Waals surface area contributed by atoms with Gasteiger partial charge in [-0.25, -0.2) is 8.42 Å². The van der Waals surface area contributed by atoms with Gasteiger partial charge in [-0.15, -0.1) is 0 Å². The minimum atomic E-state index is -3.72. The SMILES string of the molecule is O=S(=O)(Cl)c1ccc(OCc2cc(Cl)ccc2Cl)cc1. The highest BCUT2D eigenvalue weighted by Crippen LogP contribution is 2.23. The van der Waals surface area contributed by atoms with Crippen LogP contribution in [0.25, 0.3) is 0 Å². The Morgan fingerprint density at radius 2 is 1.65 bits per heavy atom. The van der Waals surface area contributed by atoms with Gasteiger partial charge in [0.25, 0.3) is 9.05 Å². The highest BCUT2D eigenvalue weighted by molar-refractivity contribution is 8.13. The average Bonchev–Trinajstić information content (AvgIpc) is 2.39. The van der Waals surface area contributed by atoms with Crippen molar-refractivity contribution >= 4 is 42.9 Å². The van der Waals surface area contributed by atoms with Gasteiger partial charge in [-0.3, -0.25) is 0 Å². The van der Waals surface area contributed by atoms with Crippen LogP contribution in [-0.4, -0.2) is 8.42 Å². The van der Waals surface area contributed by atoms with Crippen LogP contribution in [0, 0.1) is 0 Å². The van der Waals surface area contributed by atoms with Crippen LogP contribution in [0.5, 0.6) is 5.75 Å². The van der Waals surface area contributed by atoms with Gasteiger partial charge in [-0.1, -0.05) is 23.2 Å². The summed E-state index contributed by atoms with van der Waals surface area (Å²) in [6, 6.07) is 10.9. The van der Waals surface area contributed by atoms with Crippen molar-refractivity contribution in [3.63, 3.8) is 0 Å². The fourth-order valence-corrected chi connectivity index (χ4v) is 2.65. The standard InChI is InChI=1S/C13H9Cl3O3S/c14-10-1-6-13(15)9(7-10)8-19-11-2-4-12(5-3-11)20(16,17)18/h1-7H,8H2. The molecule has 2 aromatic carbocycles. The molecule has 0 amide bonds. The third-order valence-electron chi connectivity index (χ3n) is 2.51. The molecule has 0 heterocycles. The third-order valence-corrected chi connectivity index (χ3v) is 4.48. The summed E-state index contributed by atoms with van der Waals surface area (Å²) in [4.78, 5) is 0.0207. The first kappa shape index (κ1) is 15.4. The molecule has 2 rings (SSSR count). The minimum absolute atomic E-state index is 0.0207. The summed E-state index contributed by atoms with van der Waals surface area (Å²) < 4.78 is 27.7. The molecular formula is C13H9Cl3O3S.